The van der Waals surface area contributed by atoms with Crippen LogP contribution in [0.5, 0.6) is 0 Å². The lowest BCUT2D eigenvalue weighted by Crippen LogP contribution is -2.30. The summed E-state index contributed by atoms with van der Waals surface area (Å²) >= 11 is 0. The summed E-state index contributed by atoms with van der Waals surface area (Å²) in [6.45, 7) is 5.86. The smallest absolute Gasteiger partial charge is 0.266 e. The Kier molecular flexibility index (Phi) is 7.15. The number of halogens is 2. The van der Waals surface area contributed by atoms with E-state index in [1.165, 1.54) is 41.0 Å². The second-order valence-corrected chi connectivity index (χ2v) is 6.91. The van der Waals surface area contributed by atoms with Crippen LogP contribution in [0.15, 0.2) is 77.6 Å². The van der Waals surface area contributed by atoms with Crippen LogP contribution in [0.4, 0.5) is 8.78 Å². The molecular weight excluding hydrogens is 410 g/mol. The second-order valence-electron chi connectivity index (χ2n) is 6.91. The summed E-state index contributed by atoms with van der Waals surface area (Å²) in [6, 6.07) is 18.9. The van der Waals surface area contributed by atoms with Gasteiger partial charge in [0.1, 0.15) is 11.6 Å². The number of hydrogen-bond donors (Lipinski definition) is 1. The first kappa shape index (κ1) is 22.9. The summed E-state index contributed by atoms with van der Waals surface area (Å²) in [5.41, 5.74) is 0.946. The molecule has 6 heteroatoms. The maximum absolute atomic E-state index is 14.6. The van der Waals surface area contributed by atoms with Crippen molar-refractivity contribution in [2.75, 3.05) is 0 Å². The van der Waals surface area contributed by atoms with Crippen molar-refractivity contribution in [1.29, 1.82) is 0 Å². The molecule has 0 bridgehead atoms. The minimum Gasteiger partial charge on any atom is -0.348 e. The summed E-state index contributed by atoms with van der Waals surface area (Å²) in [5, 5.41) is 2.83. The van der Waals surface area contributed by atoms with Gasteiger partial charge in [0.2, 0.25) is 0 Å². The average Bonchev–Trinajstić information content (AvgIpc) is 2.80. The zero-order valence-corrected chi connectivity index (χ0v) is 18.2. The highest BCUT2D eigenvalue weighted by molar-refractivity contribution is 6.08. The van der Waals surface area contributed by atoms with Crippen LogP contribution < -0.4 is 10.9 Å². The molecule has 0 fully saturated rings. The topological polar surface area (TPSA) is 51.1 Å². The molecule has 0 unspecified atom stereocenters. The number of fused-ring (bicyclic) bond motifs is 1. The number of carbonyl (C=O) groups excluding carboxylic acids is 1. The highest BCUT2D eigenvalue weighted by atomic mass is 19.1. The molecule has 3 aromatic carbocycles. The van der Waals surface area contributed by atoms with Crippen molar-refractivity contribution in [3.05, 3.63) is 112 Å². The minimum atomic E-state index is -0.736. The molecule has 0 saturated carbocycles. The van der Waals surface area contributed by atoms with Gasteiger partial charge in [-0.2, -0.15) is 0 Å². The number of aromatic nitrogens is 1. The van der Waals surface area contributed by atoms with Gasteiger partial charge in [-0.05, 0) is 36.8 Å². The predicted molar refractivity (Wildman–Crippen MR) is 123 cm³/mol. The molecule has 4 rings (SSSR count). The molecule has 0 aliphatic rings. The van der Waals surface area contributed by atoms with Crippen LogP contribution in [-0.2, 0) is 6.54 Å². The van der Waals surface area contributed by atoms with E-state index in [1.54, 1.807) is 13.0 Å². The Morgan fingerprint density at radius 3 is 2.31 bits per heavy atom. The standard InChI is InChI=1S/C24H18F2N2O2.C2H6/c1-15-21(23(29)27-14-16-7-3-2-4-8-16)19-11-6-12-20(26)22(19)24(30)28(15)18-10-5-9-17(25)13-18;1-2/h2-13H,14H2,1H3,(H,27,29);1-2H3. The Hall–Kier alpha value is -3.80. The third-order valence-corrected chi connectivity index (χ3v) is 4.99. The molecule has 4 aromatic rings. The summed E-state index contributed by atoms with van der Waals surface area (Å²) in [5.74, 6) is -1.72. The third kappa shape index (κ3) is 4.44. The number of pyridine rings is 1. The van der Waals surface area contributed by atoms with Gasteiger partial charge in [0.25, 0.3) is 11.5 Å². The molecule has 0 atom stereocenters. The molecule has 0 radical (unpaired) electrons. The Balaban J connectivity index is 0.00000141. The maximum atomic E-state index is 14.6. The van der Waals surface area contributed by atoms with E-state index in [-0.39, 0.29) is 28.6 Å². The first-order chi connectivity index (χ1) is 15.5. The monoisotopic (exact) mass is 434 g/mol. The number of amides is 1. The Morgan fingerprint density at radius 1 is 0.938 bits per heavy atom. The Morgan fingerprint density at radius 2 is 1.62 bits per heavy atom. The number of hydrogen-bond acceptors (Lipinski definition) is 2. The first-order valence-electron chi connectivity index (χ1n) is 10.4. The highest BCUT2D eigenvalue weighted by Crippen LogP contribution is 2.24. The van der Waals surface area contributed by atoms with E-state index >= 15 is 0 Å². The molecule has 4 nitrogen and oxygen atoms in total. The van der Waals surface area contributed by atoms with Crippen LogP contribution in [0, 0.1) is 18.6 Å². The zero-order valence-electron chi connectivity index (χ0n) is 18.2. The number of benzene rings is 3. The lowest BCUT2D eigenvalue weighted by molar-refractivity contribution is 0.0951. The number of carbonyl (C=O) groups is 1. The fourth-order valence-corrected chi connectivity index (χ4v) is 3.60. The Labute approximate surface area is 185 Å². The molecule has 0 spiro atoms. The molecule has 0 aliphatic heterocycles. The molecule has 1 heterocycles. The van der Waals surface area contributed by atoms with Crippen LogP contribution in [0.1, 0.15) is 35.5 Å². The van der Waals surface area contributed by atoms with Gasteiger partial charge in [-0.25, -0.2) is 8.78 Å². The Bertz CT molecular complexity index is 1310. The van der Waals surface area contributed by atoms with Gasteiger partial charge in [-0.3, -0.25) is 14.2 Å². The van der Waals surface area contributed by atoms with Crippen molar-refractivity contribution in [1.82, 2.24) is 9.88 Å². The van der Waals surface area contributed by atoms with Gasteiger partial charge in [0, 0.05) is 17.6 Å². The SMILES string of the molecule is CC.Cc1c(C(=O)NCc2ccccc2)c2cccc(F)c2c(=O)n1-c1cccc(F)c1. The molecule has 1 amide bonds. The molecule has 0 saturated heterocycles. The first-order valence-corrected chi connectivity index (χ1v) is 10.4. The van der Waals surface area contributed by atoms with Crippen LogP contribution in [0.3, 0.4) is 0 Å². The predicted octanol–water partition coefficient (Wildman–Crippen LogP) is 5.53. The van der Waals surface area contributed by atoms with Gasteiger partial charge < -0.3 is 5.32 Å². The van der Waals surface area contributed by atoms with E-state index in [0.717, 1.165) is 5.56 Å². The van der Waals surface area contributed by atoms with E-state index in [4.69, 9.17) is 0 Å². The summed E-state index contributed by atoms with van der Waals surface area (Å²) in [7, 11) is 0. The van der Waals surface area contributed by atoms with Crippen molar-refractivity contribution in [2.45, 2.75) is 27.3 Å². The fraction of sp³-hybridized carbons (Fsp3) is 0.154. The average molecular weight is 434 g/mol. The third-order valence-electron chi connectivity index (χ3n) is 4.99. The van der Waals surface area contributed by atoms with Crippen LogP contribution in [-0.4, -0.2) is 10.5 Å². The van der Waals surface area contributed by atoms with Crippen molar-refractivity contribution in [3.8, 4) is 5.69 Å². The largest absolute Gasteiger partial charge is 0.348 e. The van der Waals surface area contributed by atoms with Crippen LogP contribution >= 0.6 is 0 Å². The van der Waals surface area contributed by atoms with E-state index in [1.807, 2.05) is 44.2 Å². The molecule has 1 N–H and O–H groups in total. The molecule has 0 aliphatic carbocycles. The van der Waals surface area contributed by atoms with Gasteiger partial charge in [0.15, 0.2) is 0 Å². The summed E-state index contributed by atoms with van der Waals surface area (Å²) < 4.78 is 29.6. The van der Waals surface area contributed by atoms with Crippen molar-refractivity contribution >= 4 is 16.7 Å². The van der Waals surface area contributed by atoms with Gasteiger partial charge in [-0.1, -0.05) is 62.4 Å². The normalized spacial score (nSPS) is 10.4. The molecule has 164 valence electrons. The number of rotatable bonds is 4. The highest BCUT2D eigenvalue weighted by Gasteiger charge is 2.22. The van der Waals surface area contributed by atoms with E-state index in [9.17, 15) is 18.4 Å². The number of nitrogens with zero attached hydrogens (tertiary/aromatic N) is 1. The fourth-order valence-electron chi connectivity index (χ4n) is 3.60. The van der Waals surface area contributed by atoms with Crippen molar-refractivity contribution in [3.63, 3.8) is 0 Å². The van der Waals surface area contributed by atoms with E-state index in [0.29, 0.717) is 5.69 Å². The summed E-state index contributed by atoms with van der Waals surface area (Å²) in [6.07, 6.45) is 0. The van der Waals surface area contributed by atoms with Crippen LogP contribution in [0.25, 0.3) is 16.5 Å². The van der Waals surface area contributed by atoms with Gasteiger partial charge >= 0.3 is 0 Å². The lowest BCUT2D eigenvalue weighted by atomic mass is 10.0. The molecule has 32 heavy (non-hydrogen) atoms. The lowest BCUT2D eigenvalue weighted by Gasteiger charge is -2.17. The minimum absolute atomic E-state index is 0.171. The summed E-state index contributed by atoms with van der Waals surface area (Å²) in [4.78, 5) is 26.2. The maximum Gasteiger partial charge on any atom is 0.266 e. The van der Waals surface area contributed by atoms with E-state index in [2.05, 4.69) is 5.32 Å². The zero-order chi connectivity index (χ0) is 23.3. The van der Waals surface area contributed by atoms with Crippen molar-refractivity contribution in [2.24, 2.45) is 0 Å². The van der Waals surface area contributed by atoms with Gasteiger partial charge in [-0.15, -0.1) is 0 Å². The van der Waals surface area contributed by atoms with Crippen LogP contribution in [0.2, 0.25) is 0 Å². The van der Waals surface area contributed by atoms with E-state index < -0.39 is 23.1 Å². The van der Waals surface area contributed by atoms with Gasteiger partial charge in [0.05, 0.1) is 16.6 Å². The number of nitrogens with one attached hydrogen (secondary N) is 1. The van der Waals surface area contributed by atoms with Crippen molar-refractivity contribution < 1.29 is 13.6 Å². The quantitative estimate of drug-likeness (QED) is 0.459. The second kappa shape index (κ2) is 10.0. The molecular formula is C26H24F2N2O2. The molecule has 1 aromatic heterocycles.